The van der Waals surface area contributed by atoms with Gasteiger partial charge in [-0.1, -0.05) is 22.8 Å². The molecule has 1 rings (SSSR count). The molecule has 0 unspecified atom stereocenters. The molecule has 0 aliphatic heterocycles. The van der Waals surface area contributed by atoms with Crippen LogP contribution in [0.25, 0.3) is 0 Å². The molecule has 0 saturated heterocycles. The van der Waals surface area contributed by atoms with Crippen molar-refractivity contribution in [3.05, 3.63) is 34.6 Å². The first-order valence-electron chi connectivity index (χ1n) is 2.86. The fourth-order valence-electron chi connectivity index (χ4n) is 0.659. The second-order valence-electron chi connectivity index (χ2n) is 1.92. The molecule has 0 aliphatic carbocycles. The van der Waals surface area contributed by atoms with E-state index in [1.165, 1.54) is 12.1 Å². The van der Waals surface area contributed by atoms with E-state index in [1.54, 1.807) is 6.07 Å². The number of nitrogens with zero attached hydrogens (tertiary/aromatic N) is 1. The Morgan fingerprint density at radius 2 is 2.27 bits per heavy atom. The second-order valence-corrected chi connectivity index (χ2v) is 2.33. The number of halogens is 2. The van der Waals surface area contributed by atoms with Crippen LogP contribution in [0.15, 0.2) is 23.4 Å². The maximum absolute atomic E-state index is 12.6. The fraction of sp³-hybridized carbons (Fsp3) is 0. The van der Waals surface area contributed by atoms with Gasteiger partial charge < -0.3 is 5.21 Å². The molecule has 0 radical (unpaired) electrons. The maximum atomic E-state index is 12.6. The molecular formula is C7H5ClFNO. The molecule has 0 aromatic heterocycles. The largest absolute Gasteiger partial charge is 0.411 e. The zero-order valence-electron chi connectivity index (χ0n) is 5.46. The van der Waals surface area contributed by atoms with Crippen molar-refractivity contribution in [3.8, 4) is 0 Å². The van der Waals surface area contributed by atoms with Crippen molar-refractivity contribution in [1.29, 1.82) is 0 Å². The molecule has 4 heteroatoms. The molecule has 0 bridgehead atoms. The Labute approximate surface area is 67.9 Å². The van der Waals surface area contributed by atoms with E-state index in [2.05, 4.69) is 5.16 Å². The van der Waals surface area contributed by atoms with Gasteiger partial charge in [0.25, 0.3) is 0 Å². The Morgan fingerprint density at radius 1 is 1.55 bits per heavy atom. The van der Waals surface area contributed by atoms with Crippen molar-refractivity contribution in [2.45, 2.75) is 0 Å². The monoisotopic (exact) mass is 173 g/mol. The van der Waals surface area contributed by atoms with Crippen LogP contribution in [0.5, 0.6) is 0 Å². The highest BCUT2D eigenvalue weighted by atomic mass is 35.5. The van der Waals surface area contributed by atoms with Gasteiger partial charge in [-0.2, -0.15) is 0 Å². The van der Waals surface area contributed by atoms with Crippen LogP contribution in [-0.4, -0.2) is 11.4 Å². The van der Waals surface area contributed by atoms with Crippen molar-refractivity contribution in [2.75, 3.05) is 0 Å². The predicted molar refractivity (Wildman–Crippen MR) is 40.8 cm³/mol. The maximum Gasteiger partial charge on any atom is 0.142 e. The van der Waals surface area contributed by atoms with E-state index in [1.807, 2.05) is 0 Å². The summed E-state index contributed by atoms with van der Waals surface area (Å²) >= 11 is 5.40. The summed E-state index contributed by atoms with van der Waals surface area (Å²) in [6.07, 6.45) is 1.12. The highest BCUT2D eigenvalue weighted by molar-refractivity contribution is 6.30. The number of benzene rings is 1. The van der Waals surface area contributed by atoms with Gasteiger partial charge in [-0.3, -0.25) is 0 Å². The van der Waals surface area contributed by atoms with Crippen molar-refractivity contribution in [1.82, 2.24) is 0 Å². The van der Waals surface area contributed by atoms with Crippen LogP contribution in [0.2, 0.25) is 5.02 Å². The van der Waals surface area contributed by atoms with Crippen LogP contribution in [0.1, 0.15) is 5.56 Å². The lowest BCUT2D eigenvalue weighted by molar-refractivity contribution is 0.322. The van der Waals surface area contributed by atoms with Gasteiger partial charge in [0.15, 0.2) is 0 Å². The predicted octanol–water partition coefficient (Wildman–Crippen LogP) is 2.29. The molecule has 0 fully saturated rings. The van der Waals surface area contributed by atoms with E-state index in [4.69, 9.17) is 16.8 Å². The molecule has 1 N–H and O–H groups in total. The zero-order chi connectivity index (χ0) is 8.27. The van der Waals surface area contributed by atoms with Crippen LogP contribution in [0.3, 0.4) is 0 Å². The highest BCUT2D eigenvalue weighted by Gasteiger charge is 1.98. The number of rotatable bonds is 1. The van der Waals surface area contributed by atoms with E-state index in [0.29, 0.717) is 5.56 Å². The molecule has 1 aromatic carbocycles. The Hall–Kier alpha value is -1.09. The molecular weight excluding hydrogens is 169 g/mol. The summed E-state index contributed by atoms with van der Waals surface area (Å²) in [7, 11) is 0. The van der Waals surface area contributed by atoms with Crippen molar-refractivity contribution >= 4 is 17.8 Å². The van der Waals surface area contributed by atoms with Crippen molar-refractivity contribution < 1.29 is 9.60 Å². The Bertz CT molecular complexity index is 288. The van der Waals surface area contributed by atoms with E-state index < -0.39 is 5.82 Å². The third-order valence-electron chi connectivity index (χ3n) is 1.15. The summed E-state index contributed by atoms with van der Waals surface area (Å²) in [5.74, 6) is -0.524. The number of hydrogen-bond acceptors (Lipinski definition) is 2. The lowest BCUT2D eigenvalue weighted by Crippen LogP contribution is -1.83. The average Bonchev–Trinajstić information content (AvgIpc) is 1.98. The van der Waals surface area contributed by atoms with Gasteiger partial charge in [-0.25, -0.2) is 4.39 Å². The molecule has 0 heterocycles. The normalized spacial score (nSPS) is 10.7. The summed E-state index contributed by atoms with van der Waals surface area (Å²) < 4.78 is 12.6. The molecule has 2 nitrogen and oxygen atoms in total. The van der Waals surface area contributed by atoms with Gasteiger partial charge in [0.05, 0.1) is 11.2 Å². The van der Waals surface area contributed by atoms with Gasteiger partial charge in [0.1, 0.15) is 5.82 Å². The minimum atomic E-state index is -0.524. The van der Waals surface area contributed by atoms with E-state index >= 15 is 0 Å². The molecule has 0 saturated carbocycles. The van der Waals surface area contributed by atoms with Gasteiger partial charge in [0, 0.05) is 0 Å². The molecule has 1 aromatic rings. The lowest BCUT2D eigenvalue weighted by Gasteiger charge is -1.93. The molecule has 11 heavy (non-hydrogen) atoms. The average molecular weight is 174 g/mol. The Balaban J connectivity index is 3.05. The quantitative estimate of drug-likeness (QED) is 0.395. The Kier molecular flexibility index (Phi) is 2.44. The third kappa shape index (κ3) is 1.91. The van der Waals surface area contributed by atoms with Crippen LogP contribution < -0.4 is 0 Å². The molecule has 0 aliphatic rings. The summed E-state index contributed by atoms with van der Waals surface area (Å²) in [4.78, 5) is 0. The van der Waals surface area contributed by atoms with Crippen LogP contribution >= 0.6 is 11.6 Å². The van der Waals surface area contributed by atoms with E-state index in [9.17, 15) is 4.39 Å². The first kappa shape index (κ1) is 8.01. The standard InChI is InChI=1S/C7H5ClFNO/c8-6-2-1-5(4-10-11)3-7(6)9/h1-4,11H. The van der Waals surface area contributed by atoms with Crippen LogP contribution in [0, 0.1) is 5.82 Å². The molecule has 0 spiro atoms. The van der Waals surface area contributed by atoms with Gasteiger partial charge in [0.2, 0.25) is 0 Å². The number of hydrogen-bond donors (Lipinski definition) is 1. The second kappa shape index (κ2) is 3.34. The van der Waals surface area contributed by atoms with Gasteiger partial charge in [-0.05, 0) is 17.7 Å². The van der Waals surface area contributed by atoms with Crippen LogP contribution in [-0.2, 0) is 0 Å². The first-order valence-corrected chi connectivity index (χ1v) is 3.24. The lowest BCUT2D eigenvalue weighted by atomic mass is 10.2. The molecule has 0 atom stereocenters. The minimum absolute atomic E-state index is 0.0556. The SMILES string of the molecule is ON=Cc1ccc(Cl)c(F)c1. The van der Waals surface area contributed by atoms with E-state index in [0.717, 1.165) is 6.21 Å². The third-order valence-corrected chi connectivity index (χ3v) is 1.46. The topological polar surface area (TPSA) is 32.6 Å². The summed E-state index contributed by atoms with van der Waals surface area (Å²) in [6, 6.07) is 4.13. The Morgan fingerprint density at radius 3 is 2.82 bits per heavy atom. The van der Waals surface area contributed by atoms with Crippen molar-refractivity contribution in [3.63, 3.8) is 0 Å². The smallest absolute Gasteiger partial charge is 0.142 e. The summed E-state index contributed by atoms with van der Waals surface area (Å²) in [5.41, 5.74) is 0.467. The summed E-state index contributed by atoms with van der Waals surface area (Å²) in [5, 5.41) is 10.9. The van der Waals surface area contributed by atoms with Gasteiger partial charge >= 0.3 is 0 Å². The molecule has 0 amide bonds. The van der Waals surface area contributed by atoms with Crippen LogP contribution in [0.4, 0.5) is 4.39 Å². The molecule has 58 valence electrons. The van der Waals surface area contributed by atoms with Gasteiger partial charge in [-0.15, -0.1) is 0 Å². The summed E-state index contributed by atoms with van der Waals surface area (Å²) in [6.45, 7) is 0. The zero-order valence-corrected chi connectivity index (χ0v) is 6.22. The fourth-order valence-corrected chi connectivity index (χ4v) is 0.777. The van der Waals surface area contributed by atoms with E-state index in [-0.39, 0.29) is 5.02 Å². The number of oxime groups is 1. The van der Waals surface area contributed by atoms with Crippen molar-refractivity contribution in [2.24, 2.45) is 5.16 Å². The first-order chi connectivity index (χ1) is 5.24. The highest BCUT2D eigenvalue weighted by Crippen LogP contribution is 2.14. The minimum Gasteiger partial charge on any atom is -0.411 e.